The molecule has 1 amide bonds. The molecule has 0 spiro atoms. The second-order valence-electron chi connectivity index (χ2n) is 6.85. The minimum Gasteiger partial charge on any atom is -0.495 e. The maximum absolute atomic E-state index is 12.5. The van der Waals surface area contributed by atoms with E-state index in [1.807, 2.05) is 56.3 Å². The molecule has 4 aromatic rings. The van der Waals surface area contributed by atoms with E-state index in [0.29, 0.717) is 22.8 Å². The van der Waals surface area contributed by atoms with Gasteiger partial charge in [-0.3, -0.25) is 4.79 Å². The molecule has 5 nitrogen and oxygen atoms in total. The van der Waals surface area contributed by atoms with Gasteiger partial charge in [-0.15, -0.1) is 0 Å². The van der Waals surface area contributed by atoms with Crippen molar-refractivity contribution in [3.63, 3.8) is 0 Å². The molecule has 4 rings (SSSR count). The summed E-state index contributed by atoms with van der Waals surface area (Å²) in [7, 11) is 1.57. The molecule has 1 heterocycles. The molecule has 0 atom stereocenters. The van der Waals surface area contributed by atoms with Gasteiger partial charge in [-0.25, -0.2) is 0 Å². The molecule has 0 radical (unpaired) electrons. The van der Waals surface area contributed by atoms with Crippen molar-refractivity contribution in [2.45, 2.75) is 13.8 Å². The van der Waals surface area contributed by atoms with Crippen LogP contribution in [0, 0.1) is 13.8 Å². The van der Waals surface area contributed by atoms with Crippen molar-refractivity contribution in [2.24, 2.45) is 0 Å². The fourth-order valence-corrected chi connectivity index (χ4v) is 3.72. The molecule has 148 valence electrons. The molecule has 6 heteroatoms. The standard InChI is InChI=1S/C23H20BrNO4/c1-13-9-20(14(2)8-17(13)24)28-12-23(26)25-18-11-21-16(10-22(18)27-3)15-6-4-5-7-19(15)29-21/h4-11H,12H2,1-3H3,(H,25,26). The van der Waals surface area contributed by atoms with Crippen molar-refractivity contribution in [3.05, 3.63) is 64.1 Å². The smallest absolute Gasteiger partial charge is 0.262 e. The van der Waals surface area contributed by atoms with Crippen LogP contribution in [0.15, 0.2) is 57.4 Å². The number of carbonyl (C=O) groups excluding carboxylic acids is 1. The Bertz CT molecular complexity index is 1230. The Labute approximate surface area is 176 Å². The van der Waals surface area contributed by atoms with Crippen molar-refractivity contribution < 1.29 is 18.7 Å². The molecule has 0 aliphatic carbocycles. The van der Waals surface area contributed by atoms with Crippen LogP contribution in [-0.2, 0) is 4.79 Å². The predicted molar refractivity (Wildman–Crippen MR) is 118 cm³/mol. The van der Waals surface area contributed by atoms with Crippen molar-refractivity contribution in [1.82, 2.24) is 0 Å². The monoisotopic (exact) mass is 453 g/mol. The summed E-state index contributed by atoms with van der Waals surface area (Å²) in [6.45, 7) is 3.81. The molecular weight excluding hydrogens is 434 g/mol. The van der Waals surface area contributed by atoms with E-state index in [9.17, 15) is 4.79 Å². The molecule has 0 aliphatic heterocycles. The first-order valence-corrected chi connectivity index (χ1v) is 9.94. The molecule has 0 saturated carbocycles. The van der Waals surface area contributed by atoms with Crippen molar-refractivity contribution in [3.8, 4) is 11.5 Å². The van der Waals surface area contributed by atoms with Gasteiger partial charge in [-0.2, -0.15) is 0 Å². The Morgan fingerprint density at radius 2 is 1.79 bits per heavy atom. The third kappa shape index (κ3) is 3.80. The van der Waals surface area contributed by atoms with Crippen LogP contribution in [0.3, 0.4) is 0 Å². The number of amides is 1. The Morgan fingerprint density at radius 1 is 1.00 bits per heavy atom. The van der Waals surface area contributed by atoms with Crippen LogP contribution >= 0.6 is 15.9 Å². The summed E-state index contributed by atoms with van der Waals surface area (Å²) in [6.07, 6.45) is 0. The number of carbonyl (C=O) groups is 1. The highest BCUT2D eigenvalue weighted by molar-refractivity contribution is 9.10. The Hall–Kier alpha value is -2.99. The van der Waals surface area contributed by atoms with Crippen LogP contribution < -0.4 is 14.8 Å². The number of fused-ring (bicyclic) bond motifs is 3. The fraction of sp³-hybridized carbons (Fsp3) is 0.174. The number of para-hydroxylation sites is 1. The lowest BCUT2D eigenvalue weighted by Gasteiger charge is -2.13. The number of methoxy groups -OCH3 is 1. The minimum atomic E-state index is -0.279. The van der Waals surface area contributed by atoms with Crippen LogP contribution in [0.25, 0.3) is 21.9 Å². The van der Waals surface area contributed by atoms with Gasteiger partial charge >= 0.3 is 0 Å². The number of rotatable bonds is 5. The van der Waals surface area contributed by atoms with Gasteiger partial charge in [-0.05, 0) is 49.2 Å². The molecule has 0 aliphatic rings. The van der Waals surface area contributed by atoms with E-state index in [2.05, 4.69) is 21.2 Å². The topological polar surface area (TPSA) is 60.7 Å². The molecule has 0 bridgehead atoms. The second kappa shape index (κ2) is 7.79. The zero-order valence-corrected chi connectivity index (χ0v) is 17.9. The molecular formula is C23H20BrNO4. The summed E-state index contributed by atoms with van der Waals surface area (Å²) in [4.78, 5) is 12.5. The lowest BCUT2D eigenvalue weighted by molar-refractivity contribution is -0.118. The van der Waals surface area contributed by atoms with Crippen molar-refractivity contribution in [2.75, 3.05) is 19.0 Å². The van der Waals surface area contributed by atoms with Crippen molar-refractivity contribution >= 4 is 49.5 Å². The van der Waals surface area contributed by atoms with Gasteiger partial charge in [0.1, 0.15) is 22.7 Å². The third-order valence-corrected chi connectivity index (χ3v) is 5.64. The average molecular weight is 454 g/mol. The number of benzene rings is 3. The number of anilines is 1. The summed E-state index contributed by atoms with van der Waals surface area (Å²) in [5.74, 6) is 0.965. The number of hydrogen-bond donors (Lipinski definition) is 1. The first-order chi connectivity index (χ1) is 14.0. The number of hydrogen-bond acceptors (Lipinski definition) is 4. The highest BCUT2D eigenvalue weighted by Gasteiger charge is 2.15. The first kappa shape index (κ1) is 19.3. The van der Waals surface area contributed by atoms with Crippen LogP contribution in [0.5, 0.6) is 11.5 Å². The summed E-state index contributed by atoms with van der Waals surface area (Å²) in [5.41, 5.74) is 4.01. The highest BCUT2D eigenvalue weighted by atomic mass is 79.9. The largest absolute Gasteiger partial charge is 0.495 e. The van der Waals surface area contributed by atoms with Gasteiger partial charge in [0.2, 0.25) is 0 Å². The van der Waals surface area contributed by atoms with Gasteiger partial charge in [0.15, 0.2) is 6.61 Å². The van der Waals surface area contributed by atoms with Gasteiger partial charge in [0, 0.05) is 21.3 Å². The Kier molecular flexibility index (Phi) is 5.20. The van der Waals surface area contributed by atoms with Gasteiger partial charge in [0.05, 0.1) is 12.8 Å². The number of aryl methyl sites for hydroxylation is 2. The van der Waals surface area contributed by atoms with E-state index in [4.69, 9.17) is 13.9 Å². The van der Waals surface area contributed by atoms with Gasteiger partial charge < -0.3 is 19.2 Å². The molecule has 3 aromatic carbocycles. The second-order valence-corrected chi connectivity index (χ2v) is 7.70. The predicted octanol–water partition coefficient (Wildman–Crippen LogP) is 5.99. The molecule has 1 N–H and O–H groups in total. The average Bonchev–Trinajstić information content (AvgIpc) is 3.06. The number of furan rings is 1. The first-order valence-electron chi connectivity index (χ1n) is 9.15. The normalized spacial score (nSPS) is 11.0. The van der Waals surface area contributed by atoms with Crippen LogP contribution in [-0.4, -0.2) is 19.6 Å². The van der Waals surface area contributed by atoms with Gasteiger partial charge in [-0.1, -0.05) is 34.1 Å². The van der Waals surface area contributed by atoms with E-state index < -0.39 is 0 Å². The maximum Gasteiger partial charge on any atom is 0.262 e. The highest BCUT2D eigenvalue weighted by Crippen LogP contribution is 2.36. The van der Waals surface area contributed by atoms with Gasteiger partial charge in [0.25, 0.3) is 5.91 Å². The van der Waals surface area contributed by atoms with Crippen LogP contribution in [0.1, 0.15) is 11.1 Å². The number of ether oxygens (including phenoxy) is 2. The third-order valence-electron chi connectivity index (χ3n) is 4.79. The van der Waals surface area contributed by atoms with E-state index in [0.717, 1.165) is 32.0 Å². The molecule has 1 aromatic heterocycles. The molecule has 29 heavy (non-hydrogen) atoms. The number of halogens is 1. The SMILES string of the molecule is COc1cc2c(cc1NC(=O)COc1cc(C)c(Br)cc1C)oc1ccccc12. The van der Waals surface area contributed by atoms with E-state index in [1.165, 1.54) is 0 Å². The lowest BCUT2D eigenvalue weighted by atomic mass is 10.1. The van der Waals surface area contributed by atoms with Crippen molar-refractivity contribution in [1.29, 1.82) is 0 Å². The zero-order chi connectivity index (χ0) is 20.5. The summed E-state index contributed by atoms with van der Waals surface area (Å²) in [6, 6.07) is 15.3. The lowest BCUT2D eigenvalue weighted by Crippen LogP contribution is -2.20. The Balaban J connectivity index is 1.56. The van der Waals surface area contributed by atoms with E-state index >= 15 is 0 Å². The summed E-state index contributed by atoms with van der Waals surface area (Å²) in [5, 5.41) is 4.80. The molecule has 0 saturated heterocycles. The molecule has 0 fully saturated rings. The van der Waals surface area contributed by atoms with E-state index in [-0.39, 0.29) is 12.5 Å². The van der Waals surface area contributed by atoms with Crippen LogP contribution in [0.2, 0.25) is 0 Å². The Morgan fingerprint density at radius 3 is 2.59 bits per heavy atom. The number of nitrogens with one attached hydrogen (secondary N) is 1. The van der Waals surface area contributed by atoms with Crippen LogP contribution in [0.4, 0.5) is 5.69 Å². The quantitative estimate of drug-likeness (QED) is 0.402. The molecule has 0 unspecified atom stereocenters. The fourth-order valence-electron chi connectivity index (χ4n) is 3.26. The zero-order valence-electron chi connectivity index (χ0n) is 16.3. The van der Waals surface area contributed by atoms with E-state index in [1.54, 1.807) is 13.2 Å². The minimum absolute atomic E-state index is 0.108. The summed E-state index contributed by atoms with van der Waals surface area (Å²) < 4.78 is 18.1. The maximum atomic E-state index is 12.5. The summed E-state index contributed by atoms with van der Waals surface area (Å²) >= 11 is 3.50.